The molecule has 1 aromatic heterocycles. The van der Waals surface area contributed by atoms with E-state index in [0.717, 1.165) is 23.4 Å². The summed E-state index contributed by atoms with van der Waals surface area (Å²) in [4.78, 5) is 42.5. The third-order valence-corrected chi connectivity index (χ3v) is 8.07. The smallest absolute Gasteiger partial charge is 0.264 e. The molecule has 2 aromatic rings. The molecule has 162 valence electrons. The number of carbonyl (C=O) groups is 2. The fraction of sp³-hybridized carbons (Fsp3) is 0.583. The Morgan fingerprint density at radius 3 is 2.39 bits per heavy atom. The van der Waals surface area contributed by atoms with Crippen LogP contribution in [0.25, 0.3) is 10.9 Å². The van der Waals surface area contributed by atoms with Crippen molar-refractivity contribution in [2.45, 2.75) is 69.9 Å². The summed E-state index contributed by atoms with van der Waals surface area (Å²) in [5, 5.41) is 6.75. The van der Waals surface area contributed by atoms with Crippen molar-refractivity contribution in [2.24, 2.45) is 17.8 Å². The van der Waals surface area contributed by atoms with Gasteiger partial charge in [-0.2, -0.15) is 0 Å². The van der Waals surface area contributed by atoms with Gasteiger partial charge in [0.15, 0.2) is 0 Å². The number of rotatable bonds is 3. The second-order valence-electron chi connectivity index (χ2n) is 10.3. The van der Waals surface area contributed by atoms with Crippen molar-refractivity contribution in [3.05, 3.63) is 34.4 Å². The molecule has 1 atom stereocenters. The third-order valence-electron chi connectivity index (χ3n) is 8.07. The van der Waals surface area contributed by atoms with Crippen LogP contribution in [0.5, 0.6) is 0 Å². The number of carbonyl (C=O) groups excluding carboxylic acids is 2. The van der Waals surface area contributed by atoms with Crippen molar-refractivity contribution >= 4 is 28.4 Å². The van der Waals surface area contributed by atoms with Crippen molar-refractivity contribution in [3.8, 4) is 0 Å². The highest BCUT2D eigenvalue weighted by atomic mass is 16.2. The van der Waals surface area contributed by atoms with Crippen molar-refractivity contribution in [1.29, 1.82) is 0 Å². The lowest BCUT2D eigenvalue weighted by Crippen LogP contribution is -2.54. The summed E-state index contributed by atoms with van der Waals surface area (Å²) in [5.74, 6) is 2.19. The number of anilines is 1. The molecule has 4 saturated carbocycles. The number of hydrogen-bond acceptors (Lipinski definition) is 5. The van der Waals surface area contributed by atoms with Crippen molar-refractivity contribution in [2.75, 3.05) is 5.32 Å². The predicted octanol–water partition coefficient (Wildman–Crippen LogP) is 3.06. The number of benzene rings is 1. The molecular weight excluding hydrogens is 392 g/mol. The Labute approximate surface area is 180 Å². The molecule has 2 N–H and O–H groups in total. The van der Waals surface area contributed by atoms with Crippen molar-refractivity contribution < 1.29 is 9.59 Å². The number of aryl methyl sites for hydroxylation is 1. The quantitative estimate of drug-likeness (QED) is 0.745. The minimum absolute atomic E-state index is 0.0693. The molecule has 1 aliphatic heterocycles. The molecule has 7 nitrogen and oxygen atoms in total. The average molecular weight is 421 g/mol. The lowest BCUT2D eigenvalue weighted by Gasteiger charge is -2.57. The van der Waals surface area contributed by atoms with E-state index in [1.54, 1.807) is 6.92 Å². The number of fused-ring (bicyclic) bond motifs is 1. The number of hydrogen-bond donors (Lipinski definition) is 2. The van der Waals surface area contributed by atoms with E-state index in [2.05, 4.69) is 15.6 Å². The van der Waals surface area contributed by atoms with Crippen LogP contribution in [0.2, 0.25) is 0 Å². The van der Waals surface area contributed by atoms with Crippen LogP contribution in [0.15, 0.2) is 23.0 Å². The maximum absolute atomic E-state index is 13.7. The predicted molar refractivity (Wildman–Crippen MR) is 117 cm³/mol. The average Bonchev–Trinajstić information content (AvgIpc) is 2.68. The van der Waals surface area contributed by atoms with Gasteiger partial charge in [-0.1, -0.05) is 6.07 Å². The first-order valence-electron chi connectivity index (χ1n) is 11.5. The summed E-state index contributed by atoms with van der Waals surface area (Å²) in [6, 6.07) is 5.10. The molecule has 1 unspecified atom stereocenters. The molecule has 5 fully saturated rings. The van der Waals surface area contributed by atoms with Crippen molar-refractivity contribution in [1.82, 2.24) is 14.9 Å². The van der Waals surface area contributed by atoms with Gasteiger partial charge in [0.25, 0.3) is 5.56 Å². The molecule has 4 bridgehead atoms. The standard InChI is InChI=1S/C24H28N4O3/c1-13-25-17-3-2-4-18(27-24-10-14-7-15(11-24)9-16(8-14)12-24)21(17)23(31)28(13)19-5-6-20(29)26-22(19)30/h2-4,14-16,19,27H,5-12H2,1H3,(H,26,29,30). The highest BCUT2D eigenvalue weighted by Crippen LogP contribution is 2.56. The van der Waals surface area contributed by atoms with Gasteiger partial charge < -0.3 is 5.32 Å². The summed E-state index contributed by atoms with van der Waals surface area (Å²) in [6.07, 6.45) is 8.16. The van der Waals surface area contributed by atoms with E-state index in [1.807, 2.05) is 18.2 Å². The van der Waals surface area contributed by atoms with E-state index < -0.39 is 11.9 Å². The fourth-order valence-corrected chi connectivity index (χ4v) is 7.30. The Morgan fingerprint density at radius 2 is 1.74 bits per heavy atom. The van der Waals surface area contributed by atoms with Gasteiger partial charge in [0.05, 0.1) is 10.9 Å². The minimum atomic E-state index is -0.699. The zero-order valence-corrected chi connectivity index (χ0v) is 17.8. The highest BCUT2D eigenvalue weighted by Gasteiger charge is 2.51. The van der Waals surface area contributed by atoms with Crippen LogP contribution in [0, 0.1) is 24.7 Å². The Balaban J connectivity index is 1.44. The van der Waals surface area contributed by atoms with Gasteiger partial charge in [0.2, 0.25) is 11.8 Å². The number of nitrogens with one attached hydrogen (secondary N) is 2. The fourth-order valence-electron chi connectivity index (χ4n) is 7.30. The first kappa shape index (κ1) is 19.0. The maximum atomic E-state index is 13.7. The molecular formula is C24H28N4O3. The highest BCUT2D eigenvalue weighted by molar-refractivity contribution is 5.99. The van der Waals surface area contributed by atoms with Crippen LogP contribution >= 0.6 is 0 Å². The molecule has 5 aliphatic rings. The lowest BCUT2D eigenvalue weighted by molar-refractivity contribution is -0.135. The van der Waals surface area contributed by atoms with Gasteiger partial charge in [0.1, 0.15) is 11.9 Å². The lowest BCUT2D eigenvalue weighted by atomic mass is 9.53. The van der Waals surface area contributed by atoms with Crippen LogP contribution < -0.4 is 16.2 Å². The van der Waals surface area contributed by atoms with E-state index in [9.17, 15) is 14.4 Å². The molecule has 2 amide bonds. The molecule has 1 saturated heterocycles. The number of amides is 2. The second kappa shape index (κ2) is 6.65. The van der Waals surface area contributed by atoms with E-state index in [4.69, 9.17) is 0 Å². The Hall–Kier alpha value is -2.70. The van der Waals surface area contributed by atoms with Crippen LogP contribution in [-0.2, 0) is 9.59 Å². The van der Waals surface area contributed by atoms with Crippen molar-refractivity contribution in [3.63, 3.8) is 0 Å². The molecule has 1 aromatic carbocycles. The van der Waals surface area contributed by atoms with Gasteiger partial charge in [-0.15, -0.1) is 0 Å². The maximum Gasteiger partial charge on any atom is 0.264 e. The van der Waals surface area contributed by atoms with E-state index in [1.165, 1.54) is 43.1 Å². The van der Waals surface area contributed by atoms with E-state index in [-0.39, 0.29) is 23.4 Å². The zero-order chi connectivity index (χ0) is 21.3. The summed E-state index contributed by atoms with van der Waals surface area (Å²) in [5.41, 5.74) is 1.35. The van der Waals surface area contributed by atoms with Gasteiger partial charge in [0, 0.05) is 17.6 Å². The minimum Gasteiger partial charge on any atom is -0.379 e. The van der Waals surface area contributed by atoms with Crippen LogP contribution in [0.3, 0.4) is 0 Å². The first-order chi connectivity index (χ1) is 14.9. The normalized spacial score (nSPS) is 34.2. The summed E-state index contributed by atoms with van der Waals surface area (Å²) >= 11 is 0. The third kappa shape index (κ3) is 3.00. The number of imide groups is 1. The van der Waals surface area contributed by atoms with Crippen LogP contribution in [0.1, 0.15) is 63.2 Å². The van der Waals surface area contributed by atoms with Gasteiger partial charge in [-0.25, -0.2) is 4.98 Å². The summed E-state index contributed by atoms with van der Waals surface area (Å²) in [7, 11) is 0. The molecule has 0 spiro atoms. The van der Waals surface area contributed by atoms with E-state index >= 15 is 0 Å². The first-order valence-corrected chi connectivity index (χ1v) is 11.5. The molecule has 7 rings (SSSR count). The summed E-state index contributed by atoms with van der Waals surface area (Å²) < 4.78 is 1.48. The number of piperidine rings is 1. The zero-order valence-electron chi connectivity index (χ0n) is 17.8. The Kier molecular flexibility index (Phi) is 4.08. The number of aromatic nitrogens is 2. The molecule has 0 radical (unpaired) electrons. The van der Waals surface area contributed by atoms with Gasteiger partial charge >= 0.3 is 0 Å². The largest absolute Gasteiger partial charge is 0.379 e. The van der Waals surface area contributed by atoms with Crippen LogP contribution in [0.4, 0.5) is 5.69 Å². The number of nitrogens with zero attached hydrogens (tertiary/aromatic N) is 2. The summed E-state index contributed by atoms with van der Waals surface area (Å²) in [6.45, 7) is 1.75. The Morgan fingerprint density at radius 1 is 1.06 bits per heavy atom. The van der Waals surface area contributed by atoms with Gasteiger partial charge in [-0.05, 0) is 81.8 Å². The topological polar surface area (TPSA) is 93.1 Å². The second-order valence-corrected chi connectivity index (χ2v) is 10.3. The Bertz CT molecular complexity index is 1130. The SMILES string of the molecule is Cc1nc2cccc(NC34CC5CC(CC(C5)C3)C4)c2c(=O)n1C1CCC(=O)NC1=O. The van der Waals surface area contributed by atoms with Crippen LogP contribution in [-0.4, -0.2) is 26.9 Å². The molecule has 7 heteroatoms. The monoisotopic (exact) mass is 420 g/mol. The van der Waals surface area contributed by atoms with E-state index in [0.29, 0.717) is 23.1 Å². The molecule has 2 heterocycles. The molecule has 31 heavy (non-hydrogen) atoms. The molecule has 4 aliphatic carbocycles. The van der Waals surface area contributed by atoms with Gasteiger partial charge in [-0.3, -0.25) is 24.3 Å².